The monoisotopic (exact) mass is 692 g/mol. The molecule has 4 rings (SSSR count). The van der Waals surface area contributed by atoms with Gasteiger partial charge in [0.2, 0.25) is 0 Å². The van der Waals surface area contributed by atoms with Crippen molar-refractivity contribution >= 4 is 28.0 Å². The van der Waals surface area contributed by atoms with Gasteiger partial charge < -0.3 is 24.8 Å². The molecule has 2 atom stereocenters. The number of fused-ring (bicyclic) bond motifs is 2. The SMILES string of the molecule is CCCCCCP(CCCCCC)C1=Cc2ccccc2[CH]1[Ti+2][CH]1C(P(C(C)(C)C)C(C)(C)C)=Cc2ccccc21.[Cl-].[Cl-]. The van der Waals surface area contributed by atoms with Crippen LogP contribution in [0.3, 0.4) is 0 Å². The fourth-order valence-corrected chi connectivity index (χ4v) is 19.0. The zero-order chi connectivity index (χ0) is 29.6. The molecule has 0 heterocycles. The summed E-state index contributed by atoms with van der Waals surface area (Å²) in [6.45, 7) is 19.7. The first-order valence-corrected chi connectivity index (χ1v) is 21.3. The van der Waals surface area contributed by atoms with Gasteiger partial charge in [-0.2, -0.15) is 0 Å². The molecule has 2 unspecified atom stereocenters. The molecular formula is C38H56Cl2P2Ti. The predicted octanol–water partition coefficient (Wildman–Crippen LogP) is 6.99. The van der Waals surface area contributed by atoms with Gasteiger partial charge in [0.25, 0.3) is 0 Å². The van der Waals surface area contributed by atoms with Crippen molar-refractivity contribution in [3.05, 3.63) is 81.4 Å². The molecule has 2 aromatic carbocycles. The van der Waals surface area contributed by atoms with Gasteiger partial charge in [0.1, 0.15) is 0 Å². The molecule has 43 heavy (non-hydrogen) atoms. The van der Waals surface area contributed by atoms with Crippen LogP contribution in [0.15, 0.2) is 59.2 Å². The Kier molecular flexibility index (Phi) is 16.3. The summed E-state index contributed by atoms with van der Waals surface area (Å²) in [5.41, 5.74) is 6.35. The molecule has 0 saturated carbocycles. The second-order valence-electron chi connectivity index (χ2n) is 14.2. The van der Waals surface area contributed by atoms with Gasteiger partial charge in [-0.15, -0.1) is 0 Å². The number of hydrogen-bond donors (Lipinski definition) is 0. The van der Waals surface area contributed by atoms with E-state index in [-0.39, 0.29) is 59.8 Å². The average molecular weight is 694 g/mol. The molecule has 236 valence electrons. The van der Waals surface area contributed by atoms with E-state index in [9.17, 15) is 0 Å². The average Bonchev–Trinajstić information content (AvgIpc) is 3.45. The molecule has 0 nitrogen and oxygen atoms in total. The van der Waals surface area contributed by atoms with Crippen LogP contribution in [0.4, 0.5) is 0 Å². The smallest absolute Gasteiger partial charge is 1.00 e. The minimum atomic E-state index is -0.344. The molecule has 0 spiro atoms. The Morgan fingerprint density at radius 2 is 1.00 bits per heavy atom. The third kappa shape index (κ3) is 10.0. The predicted molar refractivity (Wildman–Crippen MR) is 186 cm³/mol. The first-order chi connectivity index (χ1) is 19.6. The molecule has 2 aliphatic rings. The quantitative estimate of drug-likeness (QED) is 0.114. The summed E-state index contributed by atoms with van der Waals surface area (Å²) in [4.78, 5) is 0. The molecule has 2 aliphatic carbocycles. The van der Waals surface area contributed by atoms with Gasteiger partial charge in [0, 0.05) is 0 Å². The van der Waals surface area contributed by atoms with Gasteiger partial charge in [-0.05, 0) is 0 Å². The summed E-state index contributed by atoms with van der Waals surface area (Å²) in [5.74, 6) is 0. The van der Waals surface area contributed by atoms with Crippen LogP contribution >= 0.6 is 15.8 Å². The Balaban J connectivity index is 0.00000323. The van der Waals surface area contributed by atoms with E-state index in [1.165, 1.54) is 74.8 Å². The van der Waals surface area contributed by atoms with Crippen molar-refractivity contribution in [3.63, 3.8) is 0 Å². The van der Waals surface area contributed by atoms with Gasteiger partial charge >= 0.3 is 266 Å². The number of allylic oxidation sites excluding steroid dienone is 2. The van der Waals surface area contributed by atoms with Crippen molar-refractivity contribution < 1.29 is 44.0 Å². The second kappa shape index (κ2) is 17.8. The summed E-state index contributed by atoms with van der Waals surface area (Å²) >= 11 is -0.344. The molecule has 0 aliphatic heterocycles. The number of rotatable bonds is 14. The van der Waals surface area contributed by atoms with Crippen molar-refractivity contribution in [1.29, 1.82) is 0 Å². The summed E-state index contributed by atoms with van der Waals surface area (Å²) in [5, 5.41) is 4.28. The fourth-order valence-electron chi connectivity index (χ4n) is 7.21. The molecule has 0 fully saturated rings. The number of halogens is 2. The molecular weight excluding hydrogens is 637 g/mol. The van der Waals surface area contributed by atoms with Gasteiger partial charge in [0.05, 0.1) is 0 Å². The first kappa shape index (κ1) is 39.3. The molecule has 2 aromatic rings. The summed E-state index contributed by atoms with van der Waals surface area (Å²) < 4.78 is 1.33. The van der Waals surface area contributed by atoms with E-state index in [1.807, 2.05) is 5.31 Å². The van der Waals surface area contributed by atoms with E-state index in [0.29, 0.717) is 18.8 Å². The Labute approximate surface area is 289 Å². The van der Waals surface area contributed by atoms with Crippen molar-refractivity contribution in [2.75, 3.05) is 12.3 Å². The van der Waals surface area contributed by atoms with Crippen molar-refractivity contribution in [2.45, 2.75) is 126 Å². The Hall–Kier alpha value is 0.0743. The van der Waals surface area contributed by atoms with E-state index in [0.717, 1.165) is 0 Å². The molecule has 0 amide bonds. The topological polar surface area (TPSA) is 0 Å². The number of hydrogen-bond acceptors (Lipinski definition) is 0. The minimum absolute atomic E-state index is 0. The van der Waals surface area contributed by atoms with Crippen molar-refractivity contribution in [3.8, 4) is 0 Å². The number of benzene rings is 2. The maximum absolute atomic E-state index is 2.70. The largest absolute Gasteiger partial charge is 1.00 e. The summed E-state index contributed by atoms with van der Waals surface area (Å²) in [6.07, 6.45) is 19.4. The fraction of sp³-hybridized carbons (Fsp3) is 0.579. The zero-order valence-electron chi connectivity index (χ0n) is 28.1. The maximum atomic E-state index is 2.70. The van der Waals surface area contributed by atoms with Crippen molar-refractivity contribution in [2.24, 2.45) is 0 Å². The molecule has 5 heteroatoms. The minimum Gasteiger partial charge on any atom is -1.00 e. The van der Waals surface area contributed by atoms with Crippen LogP contribution in [0.1, 0.15) is 137 Å². The van der Waals surface area contributed by atoms with Crippen molar-refractivity contribution in [1.82, 2.24) is 0 Å². The van der Waals surface area contributed by atoms with E-state index in [1.54, 1.807) is 16.4 Å². The Morgan fingerprint density at radius 3 is 1.44 bits per heavy atom. The van der Waals surface area contributed by atoms with Crippen LogP contribution in [-0.4, -0.2) is 22.6 Å². The van der Waals surface area contributed by atoms with Gasteiger partial charge in [0.15, 0.2) is 0 Å². The zero-order valence-corrected chi connectivity index (χ0v) is 33.0. The Morgan fingerprint density at radius 1 is 0.581 bits per heavy atom. The normalized spacial score (nSPS) is 17.5. The third-order valence-electron chi connectivity index (χ3n) is 8.67. The van der Waals surface area contributed by atoms with E-state index in [4.69, 9.17) is 0 Å². The second-order valence-corrected chi connectivity index (χ2v) is 22.9. The molecule has 0 saturated heterocycles. The third-order valence-corrected chi connectivity index (χ3v) is 18.8. The van der Waals surface area contributed by atoms with Gasteiger partial charge in [-0.1, -0.05) is 0 Å². The van der Waals surface area contributed by atoms with Gasteiger partial charge in [-0.3, -0.25) is 0 Å². The van der Waals surface area contributed by atoms with Crippen LogP contribution in [0.2, 0.25) is 0 Å². The Bertz CT molecular complexity index is 1180. The molecule has 0 radical (unpaired) electrons. The van der Waals surface area contributed by atoms with E-state index < -0.39 is 0 Å². The van der Waals surface area contributed by atoms with Crippen LogP contribution < -0.4 is 24.8 Å². The first-order valence-electron chi connectivity index (χ1n) is 16.5. The van der Waals surface area contributed by atoms with Crippen LogP contribution in [0.5, 0.6) is 0 Å². The van der Waals surface area contributed by atoms with E-state index in [2.05, 4.69) is 116 Å². The summed E-state index contributed by atoms with van der Waals surface area (Å²) in [6, 6.07) is 18.9. The molecule has 0 bridgehead atoms. The van der Waals surface area contributed by atoms with Gasteiger partial charge in [-0.25, -0.2) is 0 Å². The van der Waals surface area contributed by atoms with Crippen LogP contribution in [0.25, 0.3) is 12.2 Å². The van der Waals surface area contributed by atoms with E-state index >= 15 is 0 Å². The molecule has 0 N–H and O–H groups in total. The van der Waals surface area contributed by atoms with Crippen LogP contribution in [-0.2, 0) is 19.2 Å². The maximum Gasteiger partial charge on any atom is -1.00 e. The standard InChI is InChI=1S/C21H32P.C17H24P.2ClH.Ti/c1-3-5-7-11-15-22(16-12-8-6-4-2)21-17-19-13-9-10-14-20(19)18-21;1-16(2,3)18(17(4,5)6)15-11-13-9-7-8-10-14(13)12-15;;;/h9-10,13-14,17-18H,3-8,11-12,15-16H2,1-2H3;7-12H,1-6H3;2*1H;/q;;;;+2/p-2. The number of unbranched alkanes of at least 4 members (excludes halogenated alkanes) is 6. The summed E-state index contributed by atoms with van der Waals surface area (Å²) in [7, 11) is -0.361. The molecule has 0 aromatic heterocycles. The van der Waals surface area contributed by atoms with Crippen LogP contribution in [0, 0.1) is 0 Å².